The Balaban J connectivity index is 1.69. The highest BCUT2D eigenvalue weighted by Gasteiger charge is 2.13. The van der Waals surface area contributed by atoms with Crippen LogP contribution < -0.4 is 20.1 Å². The van der Waals surface area contributed by atoms with E-state index in [-0.39, 0.29) is 0 Å². The molecule has 1 heterocycles. The quantitative estimate of drug-likeness (QED) is 0.760. The molecule has 0 aliphatic heterocycles. The van der Waals surface area contributed by atoms with Crippen LogP contribution in [0, 0.1) is 0 Å². The van der Waals surface area contributed by atoms with Crippen LogP contribution in [0.2, 0.25) is 0 Å². The molecule has 0 saturated heterocycles. The number of hydrogen-bond acceptors (Lipinski definition) is 6. The molecule has 0 bridgehead atoms. The molecule has 6 nitrogen and oxygen atoms in total. The third-order valence-electron chi connectivity index (χ3n) is 4.50. The van der Waals surface area contributed by atoms with E-state index < -0.39 is 0 Å². The summed E-state index contributed by atoms with van der Waals surface area (Å²) in [4.78, 5) is 8.90. The standard InChI is InChI=1S/C19H26N4O2/c1-24-16-10-9-15(13-17(16)25-2)22-19-20-12-11-18(23-19)21-14-7-5-3-4-6-8-14/h9-14H,3-8H2,1-2H3,(H2,20,21,22,23). The SMILES string of the molecule is COc1ccc(Nc2nccc(NC3CCCCCC3)n2)cc1OC. The van der Waals surface area contributed by atoms with Crippen LogP contribution >= 0.6 is 0 Å². The van der Waals surface area contributed by atoms with E-state index in [9.17, 15) is 0 Å². The number of rotatable bonds is 6. The summed E-state index contributed by atoms with van der Waals surface area (Å²) >= 11 is 0. The highest BCUT2D eigenvalue weighted by molar-refractivity contribution is 5.60. The van der Waals surface area contributed by atoms with Crippen molar-refractivity contribution in [3.8, 4) is 11.5 Å². The molecule has 1 aromatic heterocycles. The second kappa shape index (κ2) is 8.55. The minimum absolute atomic E-state index is 0.506. The molecule has 1 saturated carbocycles. The fraction of sp³-hybridized carbons (Fsp3) is 0.474. The van der Waals surface area contributed by atoms with Gasteiger partial charge in [-0.1, -0.05) is 25.7 Å². The topological polar surface area (TPSA) is 68.3 Å². The lowest BCUT2D eigenvalue weighted by Crippen LogP contribution is -2.19. The van der Waals surface area contributed by atoms with E-state index in [1.807, 2.05) is 24.3 Å². The Morgan fingerprint density at radius 2 is 1.72 bits per heavy atom. The first kappa shape index (κ1) is 17.3. The van der Waals surface area contributed by atoms with E-state index in [1.165, 1.54) is 38.5 Å². The molecular formula is C19H26N4O2. The number of ether oxygens (including phenoxy) is 2. The molecular weight excluding hydrogens is 316 g/mol. The van der Waals surface area contributed by atoms with Crippen LogP contribution in [-0.2, 0) is 0 Å². The second-order valence-electron chi connectivity index (χ2n) is 6.29. The summed E-state index contributed by atoms with van der Waals surface area (Å²) in [6, 6.07) is 8.06. The van der Waals surface area contributed by atoms with E-state index in [0.29, 0.717) is 23.5 Å². The molecule has 0 radical (unpaired) electrons. The zero-order valence-electron chi connectivity index (χ0n) is 14.9. The van der Waals surface area contributed by atoms with Gasteiger partial charge in [-0.25, -0.2) is 4.98 Å². The van der Waals surface area contributed by atoms with E-state index in [1.54, 1.807) is 20.4 Å². The molecule has 1 fully saturated rings. The average Bonchev–Trinajstić information content (AvgIpc) is 2.90. The normalized spacial score (nSPS) is 15.3. The molecule has 3 rings (SSSR count). The first-order valence-corrected chi connectivity index (χ1v) is 8.87. The van der Waals surface area contributed by atoms with Crippen molar-refractivity contribution in [3.63, 3.8) is 0 Å². The van der Waals surface area contributed by atoms with Crippen LogP contribution in [-0.4, -0.2) is 30.2 Å². The van der Waals surface area contributed by atoms with Gasteiger partial charge in [0.2, 0.25) is 5.95 Å². The van der Waals surface area contributed by atoms with E-state index in [0.717, 1.165) is 11.5 Å². The van der Waals surface area contributed by atoms with Crippen molar-refractivity contribution in [1.29, 1.82) is 0 Å². The van der Waals surface area contributed by atoms with Crippen molar-refractivity contribution >= 4 is 17.5 Å². The number of benzene rings is 1. The molecule has 2 aromatic rings. The van der Waals surface area contributed by atoms with Crippen LogP contribution in [0.3, 0.4) is 0 Å². The predicted octanol–water partition coefficient (Wildman–Crippen LogP) is 4.37. The van der Waals surface area contributed by atoms with Crippen LogP contribution in [0.25, 0.3) is 0 Å². The monoisotopic (exact) mass is 342 g/mol. The fourth-order valence-electron chi connectivity index (χ4n) is 3.18. The Morgan fingerprint density at radius 1 is 0.960 bits per heavy atom. The van der Waals surface area contributed by atoms with Gasteiger partial charge in [0.15, 0.2) is 11.5 Å². The zero-order chi connectivity index (χ0) is 17.5. The van der Waals surface area contributed by atoms with Crippen LogP contribution in [0.15, 0.2) is 30.5 Å². The summed E-state index contributed by atoms with van der Waals surface area (Å²) in [5, 5.41) is 6.77. The summed E-state index contributed by atoms with van der Waals surface area (Å²) in [6.07, 6.45) is 9.46. The summed E-state index contributed by atoms with van der Waals surface area (Å²) in [6.45, 7) is 0. The third kappa shape index (κ3) is 4.75. The fourth-order valence-corrected chi connectivity index (χ4v) is 3.18. The Bertz CT molecular complexity index is 685. The molecule has 2 N–H and O–H groups in total. The van der Waals surface area contributed by atoms with Gasteiger partial charge in [-0.2, -0.15) is 4.98 Å². The molecule has 6 heteroatoms. The largest absolute Gasteiger partial charge is 0.493 e. The van der Waals surface area contributed by atoms with Crippen LogP contribution in [0.5, 0.6) is 11.5 Å². The van der Waals surface area contributed by atoms with Crippen molar-refractivity contribution in [2.24, 2.45) is 0 Å². The summed E-state index contributed by atoms with van der Waals surface area (Å²) in [5.74, 6) is 2.79. The molecule has 1 aliphatic rings. The van der Waals surface area contributed by atoms with Gasteiger partial charge in [-0.3, -0.25) is 0 Å². The van der Waals surface area contributed by atoms with E-state index >= 15 is 0 Å². The van der Waals surface area contributed by atoms with Crippen LogP contribution in [0.4, 0.5) is 17.5 Å². The second-order valence-corrected chi connectivity index (χ2v) is 6.29. The zero-order valence-corrected chi connectivity index (χ0v) is 14.9. The maximum absolute atomic E-state index is 5.33. The smallest absolute Gasteiger partial charge is 0.229 e. The maximum atomic E-state index is 5.33. The van der Waals surface area contributed by atoms with Gasteiger partial charge >= 0.3 is 0 Å². The summed E-state index contributed by atoms with van der Waals surface area (Å²) in [5.41, 5.74) is 0.851. The van der Waals surface area contributed by atoms with Gasteiger partial charge in [0.05, 0.1) is 14.2 Å². The van der Waals surface area contributed by atoms with Crippen molar-refractivity contribution in [2.45, 2.75) is 44.6 Å². The number of methoxy groups -OCH3 is 2. The molecule has 0 amide bonds. The molecule has 25 heavy (non-hydrogen) atoms. The lowest BCUT2D eigenvalue weighted by atomic mass is 10.1. The first-order chi connectivity index (χ1) is 12.3. The minimum Gasteiger partial charge on any atom is -0.493 e. The average molecular weight is 342 g/mol. The maximum Gasteiger partial charge on any atom is 0.229 e. The lowest BCUT2D eigenvalue weighted by molar-refractivity contribution is 0.355. The van der Waals surface area contributed by atoms with Gasteiger partial charge in [0.1, 0.15) is 5.82 Å². The first-order valence-electron chi connectivity index (χ1n) is 8.87. The van der Waals surface area contributed by atoms with Crippen molar-refractivity contribution in [2.75, 3.05) is 24.9 Å². The van der Waals surface area contributed by atoms with Crippen molar-refractivity contribution < 1.29 is 9.47 Å². The Morgan fingerprint density at radius 3 is 2.44 bits per heavy atom. The molecule has 0 spiro atoms. The molecule has 0 unspecified atom stereocenters. The van der Waals surface area contributed by atoms with Gasteiger partial charge in [0.25, 0.3) is 0 Å². The Kier molecular flexibility index (Phi) is 5.93. The predicted molar refractivity (Wildman–Crippen MR) is 100.0 cm³/mol. The highest BCUT2D eigenvalue weighted by atomic mass is 16.5. The molecule has 0 atom stereocenters. The molecule has 134 valence electrons. The Labute approximate surface area is 149 Å². The van der Waals surface area contributed by atoms with E-state index in [2.05, 4.69) is 20.6 Å². The van der Waals surface area contributed by atoms with Gasteiger partial charge in [-0.05, 0) is 31.0 Å². The lowest BCUT2D eigenvalue weighted by Gasteiger charge is -2.17. The van der Waals surface area contributed by atoms with Crippen molar-refractivity contribution in [3.05, 3.63) is 30.5 Å². The summed E-state index contributed by atoms with van der Waals surface area (Å²) in [7, 11) is 3.24. The van der Waals surface area contributed by atoms with E-state index in [4.69, 9.17) is 9.47 Å². The number of hydrogen-bond donors (Lipinski definition) is 2. The third-order valence-corrected chi connectivity index (χ3v) is 4.50. The molecule has 1 aliphatic carbocycles. The minimum atomic E-state index is 0.506. The Hall–Kier alpha value is -2.50. The van der Waals surface area contributed by atoms with Crippen molar-refractivity contribution in [1.82, 2.24) is 9.97 Å². The number of nitrogens with one attached hydrogen (secondary N) is 2. The molecule has 1 aromatic carbocycles. The van der Waals surface area contributed by atoms with Gasteiger partial charge < -0.3 is 20.1 Å². The van der Waals surface area contributed by atoms with Gasteiger partial charge in [0, 0.05) is 24.0 Å². The number of nitrogens with zero attached hydrogens (tertiary/aromatic N) is 2. The number of aromatic nitrogens is 2. The highest BCUT2D eigenvalue weighted by Crippen LogP contribution is 2.30. The summed E-state index contributed by atoms with van der Waals surface area (Å²) < 4.78 is 10.6. The van der Waals surface area contributed by atoms with Gasteiger partial charge in [-0.15, -0.1) is 0 Å². The number of anilines is 3. The van der Waals surface area contributed by atoms with Crippen LogP contribution in [0.1, 0.15) is 38.5 Å².